The van der Waals surface area contributed by atoms with Crippen LogP contribution in [0.1, 0.15) is 27.4 Å². The van der Waals surface area contributed by atoms with Crippen LogP contribution in [0.4, 0.5) is 13.2 Å². The summed E-state index contributed by atoms with van der Waals surface area (Å²) in [5.74, 6) is 0.430. The van der Waals surface area contributed by atoms with E-state index in [-0.39, 0.29) is 36.3 Å². The molecule has 0 aliphatic rings. The molecule has 1 aromatic carbocycles. The first kappa shape index (κ1) is 22.8. The Labute approximate surface area is 171 Å². The van der Waals surface area contributed by atoms with E-state index in [9.17, 15) is 18.0 Å². The van der Waals surface area contributed by atoms with Crippen LogP contribution in [-0.4, -0.2) is 30.9 Å². The van der Waals surface area contributed by atoms with Gasteiger partial charge < -0.3 is 20.4 Å². The van der Waals surface area contributed by atoms with Gasteiger partial charge in [0.25, 0.3) is 5.91 Å². The second-order valence-electron chi connectivity index (χ2n) is 5.58. The van der Waals surface area contributed by atoms with Gasteiger partial charge in [0.2, 0.25) is 0 Å². The summed E-state index contributed by atoms with van der Waals surface area (Å²) in [6.07, 6.45) is -4.35. The van der Waals surface area contributed by atoms with Crippen molar-refractivity contribution >= 4 is 35.8 Å². The van der Waals surface area contributed by atoms with Gasteiger partial charge in [-0.2, -0.15) is 13.2 Å². The van der Waals surface area contributed by atoms with Crippen molar-refractivity contribution in [3.8, 4) is 0 Å². The summed E-state index contributed by atoms with van der Waals surface area (Å²) < 4.78 is 43.1. The first-order chi connectivity index (χ1) is 12.2. The van der Waals surface area contributed by atoms with Gasteiger partial charge in [-0.05, 0) is 29.8 Å². The molecule has 2 aromatic rings. The summed E-state index contributed by atoms with van der Waals surface area (Å²) in [7, 11) is 3.34. The number of primary amides is 1. The van der Waals surface area contributed by atoms with E-state index in [4.69, 9.17) is 10.2 Å². The fraction of sp³-hybridized carbons (Fsp3) is 0.294. The van der Waals surface area contributed by atoms with E-state index in [2.05, 4.69) is 10.3 Å². The Kier molecular flexibility index (Phi) is 8.13. The zero-order valence-electron chi connectivity index (χ0n) is 14.7. The van der Waals surface area contributed by atoms with Crippen LogP contribution in [0.25, 0.3) is 0 Å². The van der Waals surface area contributed by atoms with E-state index in [1.807, 2.05) is 0 Å². The highest BCUT2D eigenvalue weighted by atomic mass is 127. The second kappa shape index (κ2) is 9.62. The van der Waals surface area contributed by atoms with E-state index in [0.717, 1.165) is 12.1 Å². The summed E-state index contributed by atoms with van der Waals surface area (Å²) in [4.78, 5) is 16.9. The minimum atomic E-state index is -4.35. The molecule has 6 nitrogen and oxygen atoms in total. The fourth-order valence-corrected chi connectivity index (χ4v) is 2.30. The van der Waals surface area contributed by atoms with Crippen molar-refractivity contribution in [2.24, 2.45) is 10.7 Å². The zero-order chi connectivity index (χ0) is 19.3. The molecular weight excluding hydrogens is 476 g/mol. The number of carbonyl (C=O) groups is 1. The normalized spacial score (nSPS) is 11.7. The molecule has 0 aliphatic heterocycles. The maximum absolute atomic E-state index is 12.6. The summed E-state index contributed by atoms with van der Waals surface area (Å²) in [6, 6.07) is 8.06. The molecule has 1 aromatic heterocycles. The number of benzene rings is 1. The standard InChI is InChI=1S/C17H19F3N4O2.HI/c1-22-16(23-9-13-7-8-14(26-13)15(21)25)24(2)10-11-3-5-12(6-4-11)17(18,19)20;/h3-8H,9-10H2,1-2H3,(H2,21,25)(H,22,23);1H. The molecule has 1 heterocycles. The van der Waals surface area contributed by atoms with Crippen LogP contribution in [-0.2, 0) is 19.3 Å². The van der Waals surface area contributed by atoms with Crippen LogP contribution in [0.3, 0.4) is 0 Å². The summed E-state index contributed by atoms with van der Waals surface area (Å²) in [5.41, 5.74) is 5.15. The number of carbonyl (C=O) groups excluding carboxylic acids is 1. The first-order valence-corrected chi connectivity index (χ1v) is 7.67. The number of hydrogen-bond acceptors (Lipinski definition) is 3. The monoisotopic (exact) mass is 496 g/mol. The molecule has 0 bridgehead atoms. The minimum absolute atomic E-state index is 0. The van der Waals surface area contributed by atoms with Crippen molar-refractivity contribution in [3.63, 3.8) is 0 Å². The number of nitrogens with one attached hydrogen (secondary N) is 1. The van der Waals surface area contributed by atoms with E-state index in [1.54, 1.807) is 25.1 Å². The lowest BCUT2D eigenvalue weighted by atomic mass is 10.1. The molecular formula is C17H20F3IN4O2. The predicted molar refractivity (Wildman–Crippen MR) is 106 cm³/mol. The van der Waals surface area contributed by atoms with Gasteiger partial charge in [0, 0.05) is 20.6 Å². The van der Waals surface area contributed by atoms with Crippen molar-refractivity contribution in [1.82, 2.24) is 10.2 Å². The summed E-state index contributed by atoms with van der Waals surface area (Å²) in [6.45, 7) is 0.639. The van der Waals surface area contributed by atoms with E-state index >= 15 is 0 Å². The van der Waals surface area contributed by atoms with Crippen LogP contribution in [0, 0.1) is 0 Å². The highest BCUT2D eigenvalue weighted by molar-refractivity contribution is 14.0. The number of amides is 1. The first-order valence-electron chi connectivity index (χ1n) is 7.67. The van der Waals surface area contributed by atoms with E-state index < -0.39 is 17.6 Å². The number of aliphatic imine (C=N–C) groups is 1. The average Bonchev–Trinajstić information content (AvgIpc) is 3.04. The van der Waals surface area contributed by atoms with Crippen molar-refractivity contribution in [3.05, 3.63) is 59.0 Å². The van der Waals surface area contributed by atoms with Gasteiger partial charge >= 0.3 is 6.18 Å². The van der Waals surface area contributed by atoms with Gasteiger partial charge in [-0.3, -0.25) is 9.79 Å². The average molecular weight is 496 g/mol. The molecule has 1 amide bonds. The van der Waals surface area contributed by atoms with Gasteiger partial charge in [0.15, 0.2) is 11.7 Å². The Morgan fingerprint density at radius 1 is 1.22 bits per heavy atom. The molecule has 10 heteroatoms. The van der Waals surface area contributed by atoms with Crippen molar-refractivity contribution < 1.29 is 22.4 Å². The highest BCUT2D eigenvalue weighted by Crippen LogP contribution is 2.29. The Morgan fingerprint density at radius 3 is 2.33 bits per heavy atom. The molecule has 2 rings (SSSR count). The Bertz CT molecular complexity index is 788. The van der Waals surface area contributed by atoms with Crippen molar-refractivity contribution in [2.75, 3.05) is 14.1 Å². The maximum atomic E-state index is 12.6. The van der Waals surface area contributed by atoms with Crippen LogP contribution in [0.5, 0.6) is 0 Å². The second-order valence-corrected chi connectivity index (χ2v) is 5.58. The van der Waals surface area contributed by atoms with Crippen LogP contribution >= 0.6 is 24.0 Å². The van der Waals surface area contributed by atoms with Crippen molar-refractivity contribution in [2.45, 2.75) is 19.3 Å². The van der Waals surface area contributed by atoms with Gasteiger partial charge in [-0.25, -0.2) is 0 Å². The van der Waals surface area contributed by atoms with Crippen LogP contribution in [0.15, 0.2) is 45.8 Å². The molecule has 0 radical (unpaired) electrons. The highest BCUT2D eigenvalue weighted by Gasteiger charge is 2.29. The molecule has 0 unspecified atom stereocenters. The molecule has 0 saturated carbocycles. The molecule has 0 saturated heterocycles. The molecule has 0 fully saturated rings. The molecule has 3 N–H and O–H groups in total. The SMILES string of the molecule is CN=C(NCc1ccc(C(N)=O)o1)N(C)Cc1ccc(C(F)(F)F)cc1.I. The molecule has 27 heavy (non-hydrogen) atoms. The number of halogens is 4. The number of hydrogen-bond donors (Lipinski definition) is 2. The lowest BCUT2D eigenvalue weighted by molar-refractivity contribution is -0.137. The third-order valence-electron chi connectivity index (χ3n) is 3.60. The Morgan fingerprint density at radius 2 is 1.85 bits per heavy atom. The third-order valence-corrected chi connectivity index (χ3v) is 3.60. The number of nitrogens with zero attached hydrogens (tertiary/aromatic N) is 2. The van der Waals surface area contributed by atoms with Gasteiger partial charge in [0.1, 0.15) is 5.76 Å². The van der Waals surface area contributed by atoms with E-state index in [1.165, 1.54) is 18.2 Å². The van der Waals surface area contributed by atoms with Crippen LogP contribution < -0.4 is 11.1 Å². The largest absolute Gasteiger partial charge is 0.454 e. The number of nitrogens with two attached hydrogens (primary N) is 1. The van der Waals surface area contributed by atoms with Crippen LogP contribution in [0.2, 0.25) is 0 Å². The molecule has 0 spiro atoms. The lowest BCUT2D eigenvalue weighted by Crippen LogP contribution is -2.38. The van der Waals surface area contributed by atoms with Gasteiger partial charge in [-0.1, -0.05) is 12.1 Å². The summed E-state index contributed by atoms with van der Waals surface area (Å²) in [5, 5.41) is 3.04. The quantitative estimate of drug-likeness (QED) is 0.379. The Balaban J connectivity index is 0.00000364. The topological polar surface area (TPSA) is 83.9 Å². The molecule has 148 valence electrons. The van der Waals surface area contributed by atoms with Gasteiger partial charge in [0.05, 0.1) is 12.1 Å². The fourth-order valence-electron chi connectivity index (χ4n) is 2.30. The summed E-state index contributed by atoms with van der Waals surface area (Å²) >= 11 is 0. The predicted octanol–water partition coefficient (Wildman–Crippen LogP) is 3.22. The molecule has 0 aliphatic carbocycles. The number of rotatable bonds is 5. The lowest BCUT2D eigenvalue weighted by Gasteiger charge is -2.22. The third kappa shape index (κ3) is 6.45. The number of alkyl halides is 3. The Hall–Kier alpha value is -2.24. The smallest absolute Gasteiger partial charge is 0.416 e. The number of furan rings is 1. The maximum Gasteiger partial charge on any atom is 0.416 e. The number of guanidine groups is 1. The molecule has 0 atom stereocenters. The minimum Gasteiger partial charge on any atom is -0.454 e. The van der Waals surface area contributed by atoms with E-state index in [0.29, 0.717) is 23.8 Å². The van der Waals surface area contributed by atoms with Gasteiger partial charge in [-0.15, -0.1) is 24.0 Å². The van der Waals surface area contributed by atoms with Crippen molar-refractivity contribution in [1.29, 1.82) is 0 Å². The zero-order valence-corrected chi connectivity index (χ0v) is 17.0.